The van der Waals surface area contributed by atoms with Crippen molar-refractivity contribution in [1.29, 1.82) is 0 Å². The molecule has 0 bridgehead atoms. The van der Waals surface area contributed by atoms with E-state index in [4.69, 9.17) is 0 Å². The van der Waals surface area contributed by atoms with E-state index in [1.165, 1.54) is 32.1 Å². The minimum Gasteiger partial charge on any atom is -0.353 e. The van der Waals surface area contributed by atoms with Gasteiger partial charge in [-0.05, 0) is 50.8 Å². The Labute approximate surface area is 158 Å². The molecule has 1 amide bonds. The summed E-state index contributed by atoms with van der Waals surface area (Å²) in [5.41, 5.74) is 0.973. The number of carbonyl (C=O) groups is 1. The SMILES string of the molecule is CC(C)NS(=O)(=O)c1ccc(CCC(=O)NC2CCCCCCC2)cc1. The fourth-order valence-corrected chi connectivity index (χ4v) is 4.62. The molecule has 0 aliphatic heterocycles. The van der Waals surface area contributed by atoms with Gasteiger partial charge in [-0.3, -0.25) is 4.79 Å². The van der Waals surface area contributed by atoms with E-state index >= 15 is 0 Å². The molecular weight excluding hydrogens is 348 g/mol. The molecule has 0 atom stereocenters. The van der Waals surface area contributed by atoms with Crippen LogP contribution >= 0.6 is 0 Å². The summed E-state index contributed by atoms with van der Waals surface area (Å²) in [4.78, 5) is 12.5. The molecule has 26 heavy (non-hydrogen) atoms. The second kappa shape index (κ2) is 10.1. The molecule has 2 N–H and O–H groups in total. The van der Waals surface area contributed by atoms with Crippen LogP contribution in [-0.2, 0) is 21.2 Å². The number of hydrogen-bond acceptors (Lipinski definition) is 3. The van der Waals surface area contributed by atoms with Crippen molar-refractivity contribution in [2.24, 2.45) is 0 Å². The van der Waals surface area contributed by atoms with Gasteiger partial charge in [0.1, 0.15) is 0 Å². The van der Waals surface area contributed by atoms with Crippen molar-refractivity contribution < 1.29 is 13.2 Å². The van der Waals surface area contributed by atoms with Crippen LogP contribution in [0.25, 0.3) is 0 Å². The molecule has 1 saturated carbocycles. The first-order valence-corrected chi connectivity index (χ1v) is 11.3. The second-order valence-electron chi connectivity index (χ2n) is 7.53. The largest absolute Gasteiger partial charge is 0.353 e. The van der Waals surface area contributed by atoms with Gasteiger partial charge in [0.25, 0.3) is 0 Å². The van der Waals surface area contributed by atoms with Crippen molar-refractivity contribution in [3.05, 3.63) is 29.8 Å². The van der Waals surface area contributed by atoms with Gasteiger partial charge >= 0.3 is 0 Å². The van der Waals surface area contributed by atoms with Gasteiger partial charge in [-0.15, -0.1) is 0 Å². The lowest BCUT2D eigenvalue weighted by molar-refractivity contribution is -0.121. The van der Waals surface area contributed by atoms with Crippen molar-refractivity contribution >= 4 is 15.9 Å². The van der Waals surface area contributed by atoms with Gasteiger partial charge in [-0.25, -0.2) is 13.1 Å². The molecule has 1 aliphatic carbocycles. The monoisotopic (exact) mass is 380 g/mol. The molecule has 1 aliphatic rings. The third-order valence-electron chi connectivity index (χ3n) is 4.74. The van der Waals surface area contributed by atoms with E-state index in [9.17, 15) is 13.2 Å². The number of amides is 1. The highest BCUT2D eigenvalue weighted by Crippen LogP contribution is 2.17. The van der Waals surface area contributed by atoms with Gasteiger partial charge in [0.2, 0.25) is 15.9 Å². The topological polar surface area (TPSA) is 75.3 Å². The van der Waals surface area contributed by atoms with Gasteiger partial charge in [0, 0.05) is 18.5 Å². The van der Waals surface area contributed by atoms with Crippen LogP contribution in [-0.4, -0.2) is 26.4 Å². The molecule has 0 aromatic heterocycles. The number of rotatable bonds is 7. The summed E-state index contributed by atoms with van der Waals surface area (Å²) >= 11 is 0. The van der Waals surface area contributed by atoms with Gasteiger partial charge in [0.05, 0.1) is 4.90 Å². The lowest BCUT2D eigenvalue weighted by atomic mass is 9.96. The highest BCUT2D eigenvalue weighted by molar-refractivity contribution is 7.89. The number of carbonyl (C=O) groups excluding carboxylic acids is 1. The molecule has 6 heteroatoms. The minimum atomic E-state index is -3.46. The van der Waals surface area contributed by atoms with Crippen LogP contribution in [0.3, 0.4) is 0 Å². The van der Waals surface area contributed by atoms with Crippen LogP contribution in [0.2, 0.25) is 0 Å². The Morgan fingerprint density at radius 2 is 1.62 bits per heavy atom. The number of sulfonamides is 1. The van der Waals surface area contributed by atoms with Crippen molar-refractivity contribution in [2.75, 3.05) is 0 Å². The molecule has 5 nitrogen and oxygen atoms in total. The zero-order chi connectivity index (χ0) is 19.0. The van der Waals surface area contributed by atoms with E-state index in [0.29, 0.717) is 18.9 Å². The summed E-state index contributed by atoms with van der Waals surface area (Å²) in [5.74, 6) is 0.0914. The fraction of sp³-hybridized carbons (Fsp3) is 0.650. The number of nitrogens with one attached hydrogen (secondary N) is 2. The molecule has 146 valence electrons. The van der Waals surface area contributed by atoms with Crippen LogP contribution in [0.15, 0.2) is 29.2 Å². The highest BCUT2D eigenvalue weighted by Gasteiger charge is 2.16. The summed E-state index contributed by atoms with van der Waals surface area (Å²) in [7, 11) is -3.46. The van der Waals surface area contributed by atoms with Gasteiger partial charge in [-0.2, -0.15) is 0 Å². The van der Waals surface area contributed by atoms with E-state index in [1.807, 2.05) is 0 Å². The van der Waals surface area contributed by atoms with Gasteiger partial charge in [-0.1, -0.05) is 44.2 Å². The Balaban J connectivity index is 1.82. The van der Waals surface area contributed by atoms with Crippen LogP contribution in [0.1, 0.15) is 70.8 Å². The first-order valence-electron chi connectivity index (χ1n) is 9.77. The van der Waals surface area contributed by atoms with Gasteiger partial charge in [0.15, 0.2) is 0 Å². The fourth-order valence-electron chi connectivity index (χ4n) is 3.37. The molecular formula is C20H32N2O3S. The number of aryl methyl sites for hydroxylation is 1. The Morgan fingerprint density at radius 1 is 1.04 bits per heavy atom. The molecule has 0 saturated heterocycles. The van der Waals surface area contributed by atoms with Crippen LogP contribution in [0, 0.1) is 0 Å². The summed E-state index contributed by atoms with van der Waals surface area (Å²) in [6.45, 7) is 3.58. The number of hydrogen-bond donors (Lipinski definition) is 2. The molecule has 0 unspecified atom stereocenters. The maximum absolute atomic E-state index is 12.2. The third-order valence-corrected chi connectivity index (χ3v) is 6.41. The molecule has 1 aromatic rings. The lowest BCUT2D eigenvalue weighted by Crippen LogP contribution is -2.35. The molecule has 1 aromatic carbocycles. The van der Waals surface area contributed by atoms with E-state index < -0.39 is 10.0 Å². The minimum absolute atomic E-state index is 0.0914. The number of benzene rings is 1. The highest BCUT2D eigenvalue weighted by atomic mass is 32.2. The quantitative estimate of drug-likeness (QED) is 0.760. The van der Waals surface area contributed by atoms with Crippen molar-refractivity contribution in [3.63, 3.8) is 0 Å². The normalized spacial score (nSPS) is 16.9. The average Bonchev–Trinajstić information content (AvgIpc) is 2.54. The van der Waals surface area contributed by atoms with Gasteiger partial charge < -0.3 is 5.32 Å². The van der Waals surface area contributed by atoms with Crippen LogP contribution < -0.4 is 10.0 Å². The summed E-state index contributed by atoms with van der Waals surface area (Å²) in [6.07, 6.45) is 9.49. The maximum atomic E-state index is 12.2. The predicted molar refractivity (Wildman–Crippen MR) is 104 cm³/mol. The Bertz CT molecular complexity index is 661. The van der Waals surface area contributed by atoms with Crippen molar-refractivity contribution in [1.82, 2.24) is 10.0 Å². The summed E-state index contributed by atoms with van der Waals surface area (Å²) in [6, 6.07) is 6.96. The molecule has 2 rings (SSSR count). The van der Waals surface area contributed by atoms with E-state index in [-0.39, 0.29) is 16.8 Å². The predicted octanol–water partition coefficient (Wildman–Crippen LogP) is 3.54. The van der Waals surface area contributed by atoms with Crippen LogP contribution in [0.5, 0.6) is 0 Å². The van der Waals surface area contributed by atoms with Crippen molar-refractivity contribution in [3.8, 4) is 0 Å². The zero-order valence-corrected chi connectivity index (χ0v) is 16.8. The molecule has 0 spiro atoms. The standard InChI is InChI=1S/C20H32N2O3S/c1-16(2)22-26(24,25)19-13-10-17(11-14-19)12-15-20(23)21-18-8-6-4-3-5-7-9-18/h10-11,13-14,16,18,22H,3-9,12,15H2,1-2H3,(H,21,23). The smallest absolute Gasteiger partial charge is 0.240 e. The first-order chi connectivity index (χ1) is 12.4. The van der Waals surface area contributed by atoms with E-state index in [0.717, 1.165) is 18.4 Å². The maximum Gasteiger partial charge on any atom is 0.240 e. The summed E-state index contributed by atoms with van der Waals surface area (Å²) < 4.78 is 26.8. The van der Waals surface area contributed by atoms with Crippen LogP contribution in [0.4, 0.5) is 0 Å². The Morgan fingerprint density at radius 3 is 2.19 bits per heavy atom. The second-order valence-corrected chi connectivity index (χ2v) is 9.24. The Kier molecular flexibility index (Phi) is 8.10. The van der Waals surface area contributed by atoms with E-state index in [2.05, 4.69) is 10.0 Å². The molecule has 0 heterocycles. The molecule has 1 fully saturated rings. The first kappa shape index (κ1) is 20.9. The summed E-state index contributed by atoms with van der Waals surface area (Å²) in [5, 5.41) is 3.17. The van der Waals surface area contributed by atoms with E-state index in [1.54, 1.807) is 38.1 Å². The molecule has 0 radical (unpaired) electrons. The zero-order valence-electron chi connectivity index (χ0n) is 16.0. The third kappa shape index (κ3) is 7.08. The Hall–Kier alpha value is -1.40. The lowest BCUT2D eigenvalue weighted by Gasteiger charge is -2.21. The average molecular weight is 381 g/mol. The van der Waals surface area contributed by atoms with Crippen molar-refractivity contribution in [2.45, 2.75) is 88.6 Å².